The zero-order valence-electron chi connectivity index (χ0n) is 14.2. The maximum atomic E-state index is 10.8. The number of hydrogen-bond acceptors (Lipinski definition) is 4. The average molecular weight is 433 g/mol. The van der Waals surface area contributed by atoms with Crippen LogP contribution in [0.4, 0.5) is 5.69 Å². The number of aromatic hydroxyl groups is 1. The van der Waals surface area contributed by atoms with Gasteiger partial charge in [0.2, 0.25) is 5.88 Å². The van der Waals surface area contributed by atoms with Crippen molar-refractivity contribution in [2.24, 2.45) is 4.99 Å². The van der Waals surface area contributed by atoms with Crippen molar-refractivity contribution in [2.45, 2.75) is 13.3 Å². The molecule has 4 rings (SSSR count). The average Bonchev–Trinajstić information content (AvgIpc) is 3.19. The van der Waals surface area contributed by atoms with Crippen molar-refractivity contribution in [2.75, 3.05) is 0 Å². The number of thiazole rings is 1. The lowest BCUT2D eigenvalue weighted by molar-refractivity contribution is 0.441. The molecule has 0 saturated carbocycles. The summed E-state index contributed by atoms with van der Waals surface area (Å²) in [5.74, 6) is 0.0735. The Labute approximate surface area is 175 Å². The van der Waals surface area contributed by atoms with Crippen LogP contribution in [0.25, 0.3) is 17.3 Å². The first-order valence-corrected chi connectivity index (χ1v) is 10.3. The van der Waals surface area contributed by atoms with E-state index in [4.69, 9.17) is 35.4 Å². The summed E-state index contributed by atoms with van der Waals surface area (Å²) < 4.78 is 2.11. The number of aryl methyl sites for hydroxylation is 1. The molecule has 0 amide bonds. The van der Waals surface area contributed by atoms with Crippen molar-refractivity contribution in [3.05, 3.63) is 66.4 Å². The molecule has 0 bridgehead atoms. The van der Waals surface area contributed by atoms with Crippen molar-refractivity contribution < 1.29 is 5.11 Å². The molecule has 1 aliphatic rings. The van der Waals surface area contributed by atoms with E-state index in [1.807, 2.05) is 24.4 Å². The van der Waals surface area contributed by atoms with Gasteiger partial charge in [0.05, 0.1) is 26.3 Å². The van der Waals surface area contributed by atoms with Gasteiger partial charge in [-0.3, -0.25) is 9.56 Å². The van der Waals surface area contributed by atoms with E-state index in [0.717, 1.165) is 23.2 Å². The van der Waals surface area contributed by atoms with Gasteiger partial charge in [0.15, 0.2) is 3.95 Å². The van der Waals surface area contributed by atoms with Gasteiger partial charge in [-0.25, -0.2) is 0 Å². The van der Waals surface area contributed by atoms with E-state index in [0.29, 0.717) is 24.6 Å². The molecule has 2 aromatic carbocycles. The minimum atomic E-state index is 0.0735. The van der Waals surface area contributed by atoms with Gasteiger partial charge in [0.25, 0.3) is 0 Å². The maximum Gasteiger partial charge on any atom is 0.215 e. The number of aromatic nitrogens is 1. The van der Waals surface area contributed by atoms with Gasteiger partial charge in [-0.05, 0) is 48.5 Å². The van der Waals surface area contributed by atoms with Crippen LogP contribution < -0.4 is 0 Å². The molecule has 0 saturated heterocycles. The number of benzene rings is 2. The van der Waals surface area contributed by atoms with E-state index < -0.39 is 0 Å². The molecule has 7 heteroatoms. The molecule has 2 heterocycles. The Bertz CT molecular complexity index is 1180. The highest BCUT2D eigenvalue weighted by atomic mass is 35.5. The third-order valence-electron chi connectivity index (χ3n) is 4.40. The van der Waals surface area contributed by atoms with Gasteiger partial charge >= 0.3 is 0 Å². The van der Waals surface area contributed by atoms with Crippen LogP contribution in [0, 0.1) is 3.95 Å². The van der Waals surface area contributed by atoms with E-state index in [-0.39, 0.29) is 5.88 Å². The van der Waals surface area contributed by atoms with E-state index >= 15 is 0 Å². The molecule has 0 fully saturated rings. The normalized spacial score (nSPS) is 14.1. The molecule has 0 unspecified atom stereocenters. The summed E-state index contributed by atoms with van der Waals surface area (Å²) in [6, 6.07) is 11.3. The van der Waals surface area contributed by atoms with Crippen LogP contribution in [0.3, 0.4) is 0 Å². The number of para-hydroxylation sites is 1. The Morgan fingerprint density at radius 2 is 2.04 bits per heavy atom. The Morgan fingerprint density at radius 1 is 1.22 bits per heavy atom. The summed E-state index contributed by atoms with van der Waals surface area (Å²) in [5, 5.41) is 11.6. The van der Waals surface area contributed by atoms with E-state index in [1.165, 1.54) is 16.9 Å². The molecule has 0 radical (unpaired) electrons. The minimum absolute atomic E-state index is 0.0735. The third kappa shape index (κ3) is 3.25. The second-order valence-corrected chi connectivity index (χ2v) is 8.50. The van der Waals surface area contributed by atoms with Crippen molar-refractivity contribution in [1.29, 1.82) is 0 Å². The van der Waals surface area contributed by atoms with Gasteiger partial charge < -0.3 is 5.11 Å². The van der Waals surface area contributed by atoms with Crippen LogP contribution in [0.2, 0.25) is 10.0 Å². The Kier molecular flexibility index (Phi) is 4.95. The second kappa shape index (κ2) is 7.24. The first-order valence-electron chi connectivity index (χ1n) is 8.28. The lowest BCUT2D eigenvalue weighted by Crippen LogP contribution is -1.93. The van der Waals surface area contributed by atoms with E-state index in [1.54, 1.807) is 22.8 Å². The van der Waals surface area contributed by atoms with Gasteiger partial charge in [-0.15, -0.1) is 11.3 Å². The highest BCUT2D eigenvalue weighted by Gasteiger charge is 2.18. The minimum Gasteiger partial charge on any atom is -0.493 e. The van der Waals surface area contributed by atoms with Crippen LogP contribution in [-0.2, 0) is 6.42 Å². The zero-order chi connectivity index (χ0) is 19.1. The number of halogens is 2. The Hall–Kier alpha value is -1.92. The monoisotopic (exact) mass is 432 g/mol. The van der Waals surface area contributed by atoms with Gasteiger partial charge in [0, 0.05) is 17.4 Å². The van der Waals surface area contributed by atoms with Gasteiger partial charge in [-0.1, -0.05) is 48.3 Å². The second-order valence-electron chi connectivity index (χ2n) is 6.01. The first kappa shape index (κ1) is 18.4. The van der Waals surface area contributed by atoms with Gasteiger partial charge in [0.1, 0.15) is 0 Å². The highest BCUT2D eigenvalue weighted by molar-refractivity contribution is 7.73. The molecule has 136 valence electrons. The predicted octanol–water partition coefficient (Wildman–Crippen LogP) is 7.10. The predicted molar refractivity (Wildman–Crippen MR) is 118 cm³/mol. The zero-order valence-corrected chi connectivity index (χ0v) is 17.4. The SMILES string of the molecule is CCc1cccc2c1N=CC2=Cc1sc(=S)n(-c2ccc(Cl)c(Cl)c2)c1O. The molecule has 1 N–H and O–H groups in total. The summed E-state index contributed by atoms with van der Waals surface area (Å²) in [4.78, 5) is 5.22. The Morgan fingerprint density at radius 3 is 2.78 bits per heavy atom. The molecule has 1 aliphatic heterocycles. The fourth-order valence-corrected chi connectivity index (χ4v) is 4.64. The lowest BCUT2D eigenvalue weighted by Gasteiger charge is -2.06. The quantitative estimate of drug-likeness (QED) is 0.448. The molecular formula is C20H14Cl2N2OS2. The number of allylic oxidation sites excluding steroid dienone is 1. The summed E-state index contributed by atoms with van der Waals surface area (Å²) in [5.41, 5.74) is 4.89. The number of aliphatic imine (C=N–C) groups is 1. The summed E-state index contributed by atoms with van der Waals surface area (Å²) in [6.07, 6.45) is 4.67. The molecule has 0 atom stereocenters. The summed E-state index contributed by atoms with van der Waals surface area (Å²) >= 11 is 18.9. The van der Waals surface area contributed by atoms with Crippen molar-refractivity contribution >= 4 is 70.3 Å². The number of hydrogen-bond donors (Lipinski definition) is 1. The standard InChI is InChI=1S/C20H14Cl2N2OS2/c1-2-11-4-3-5-14-12(10-23-18(11)14)8-17-19(25)24(20(26)27-17)13-6-7-15(21)16(22)9-13/h3-10,25H,2H2,1H3. The lowest BCUT2D eigenvalue weighted by atomic mass is 10.0. The fraction of sp³-hybridized carbons (Fsp3) is 0.100. The third-order valence-corrected chi connectivity index (χ3v) is 6.45. The first-order chi connectivity index (χ1) is 13.0. The molecular weight excluding hydrogens is 419 g/mol. The summed E-state index contributed by atoms with van der Waals surface area (Å²) in [6.45, 7) is 2.11. The van der Waals surface area contributed by atoms with Crippen LogP contribution in [-0.4, -0.2) is 15.9 Å². The van der Waals surface area contributed by atoms with Crippen LogP contribution in [0.5, 0.6) is 5.88 Å². The van der Waals surface area contributed by atoms with Gasteiger partial charge in [-0.2, -0.15) is 0 Å². The molecule has 0 aliphatic carbocycles. The van der Waals surface area contributed by atoms with E-state index in [2.05, 4.69) is 18.0 Å². The maximum absolute atomic E-state index is 10.8. The highest BCUT2D eigenvalue weighted by Crippen LogP contribution is 2.39. The fourth-order valence-electron chi connectivity index (χ4n) is 3.05. The molecule has 27 heavy (non-hydrogen) atoms. The van der Waals surface area contributed by atoms with E-state index in [9.17, 15) is 5.11 Å². The van der Waals surface area contributed by atoms with Crippen LogP contribution >= 0.6 is 46.8 Å². The summed E-state index contributed by atoms with van der Waals surface area (Å²) in [7, 11) is 0. The molecule has 3 aromatic rings. The number of nitrogens with zero attached hydrogens (tertiary/aromatic N) is 2. The number of fused-ring (bicyclic) bond motifs is 1. The largest absolute Gasteiger partial charge is 0.493 e. The molecule has 0 spiro atoms. The van der Waals surface area contributed by atoms with Crippen molar-refractivity contribution in [3.63, 3.8) is 0 Å². The van der Waals surface area contributed by atoms with Crippen molar-refractivity contribution in [3.8, 4) is 11.6 Å². The topological polar surface area (TPSA) is 37.5 Å². The van der Waals surface area contributed by atoms with Crippen molar-refractivity contribution in [1.82, 2.24) is 4.57 Å². The Balaban J connectivity index is 1.80. The smallest absolute Gasteiger partial charge is 0.215 e. The van der Waals surface area contributed by atoms with Crippen LogP contribution in [0.1, 0.15) is 22.9 Å². The van der Waals surface area contributed by atoms with Crippen LogP contribution in [0.15, 0.2) is 41.4 Å². The number of rotatable bonds is 3. The molecule has 1 aromatic heterocycles. The molecule has 3 nitrogen and oxygen atoms in total.